The molecule has 1 aromatic carbocycles. The Morgan fingerprint density at radius 2 is 1.73 bits per heavy atom. The molecular formula is C19H16N4O3. The lowest BCUT2D eigenvalue weighted by Gasteiger charge is -2.16. The smallest absolute Gasteiger partial charge is 0.391 e. The molecule has 0 radical (unpaired) electrons. The summed E-state index contributed by atoms with van der Waals surface area (Å²) in [5.41, 5.74) is 1.47. The molecule has 3 aromatic rings. The van der Waals surface area contributed by atoms with Crippen molar-refractivity contribution in [3.63, 3.8) is 0 Å². The van der Waals surface area contributed by atoms with Crippen LogP contribution >= 0.6 is 0 Å². The topological polar surface area (TPSA) is 84.4 Å². The third-order valence-corrected chi connectivity index (χ3v) is 3.50. The van der Waals surface area contributed by atoms with Crippen LogP contribution in [0.25, 0.3) is 0 Å². The Morgan fingerprint density at radius 3 is 2.38 bits per heavy atom. The first-order valence-electron chi connectivity index (χ1n) is 7.82. The fraction of sp³-hybridized carbons (Fsp3) is 0.0526. The van der Waals surface area contributed by atoms with E-state index >= 15 is 0 Å². The van der Waals surface area contributed by atoms with Gasteiger partial charge in [-0.3, -0.25) is 14.7 Å². The average molecular weight is 348 g/mol. The standard InChI is InChI=1S/C19H16N4O3/c1-23(15-7-3-2-4-8-15)19(25)26-17-11-10-14(13-21-17)22-18(24)16-9-5-6-12-20-16/h2-13H,1H3,(H,22,24). The number of nitrogens with one attached hydrogen (secondary N) is 1. The molecule has 0 bridgehead atoms. The van der Waals surface area contributed by atoms with E-state index in [1.54, 1.807) is 49.6 Å². The number of rotatable bonds is 4. The number of pyridine rings is 2. The number of hydrogen-bond acceptors (Lipinski definition) is 5. The van der Waals surface area contributed by atoms with Crippen LogP contribution < -0.4 is 15.0 Å². The maximum Gasteiger partial charge on any atom is 0.420 e. The molecule has 0 aliphatic rings. The summed E-state index contributed by atoms with van der Waals surface area (Å²) in [6.45, 7) is 0. The van der Waals surface area contributed by atoms with Gasteiger partial charge in [0.2, 0.25) is 5.88 Å². The zero-order chi connectivity index (χ0) is 18.4. The third kappa shape index (κ3) is 4.21. The number of aromatic nitrogens is 2. The Bertz CT molecular complexity index is 884. The minimum absolute atomic E-state index is 0.133. The highest BCUT2D eigenvalue weighted by Gasteiger charge is 2.14. The van der Waals surface area contributed by atoms with E-state index in [-0.39, 0.29) is 11.8 Å². The van der Waals surface area contributed by atoms with Gasteiger partial charge in [-0.1, -0.05) is 24.3 Å². The van der Waals surface area contributed by atoms with E-state index in [2.05, 4.69) is 15.3 Å². The van der Waals surface area contributed by atoms with Crippen molar-refractivity contribution in [1.82, 2.24) is 9.97 Å². The molecule has 2 heterocycles. The zero-order valence-corrected chi connectivity index (χ0v) is 14.0. The highest BCUT2D eigenvalue weighted by atomic mass is 16.6. The van der Waals surface area contributed by atoms with Crippen LogP contribution in [-0.2, 0) is 0 Å². The number of ether oxygens (including phenoxy) is 1. The second-order valence-electron chi connectivity index (χ2n) is 5.32. The molecule has 0 aliphatic heterocycles. The van der Waals surface area contributed by atoms with Crippen LogP contribution in [-0.4, -0.2) is 29.0 Å². The lowest BCUT2D eigenvalue weighted by molar-refractivity contribution is 0.102. The van der Waals surface area contributed by atoms with E-state index in [9.17, 15) is 9.59 Å². The van der Waals surface area contributed by atoms with Crippen LogP contribution in [0.2, 0.25) is 0 Å². The summed E-state index contributed by atoms with van der Waals surface area (Å²) < 4.78 is 5.23. The van der Waals surface area contributed by atoms with Crippen LogP contribution in [0.3, 0.4) is 0 Å². The molecule has 1 N–H and O–H groups in total. The van der Waals surface area contributed by atoms with Crippen molar-refractivity contribution >= 4 is 23.4 Å². The molecule has 0 saturated heterocycles. The Labute approximate surface area is 150 Å². The summed E-state index contributed by atoms with van der Waals surface area (Å²) in [6, 6.07) is 17.3. The van der Waals surface area contributed by atoms with Crippen molar-refractivity contribution in [1.29, 1.82) is 0 Å². The molecule has 3 rings (SSSR count). The second kappa shape index (κ2) is 7.89. The normalized spacial score (nSPS) is 10.0. The number of carbonyl (C=O) groups is 2. The number of para-hydroxylation sites is 1. The Balaban J connectivity index is 1.61. The molecular weight excluding hydrogens is 332 g/mol. The molecule has 130 valence electrons. The second-order valence-corrected chi connectivity index (χ2v) is 5.32. The summed E-state index contributed by atoms with van der Waals surface area (Å²) in [5.74, 6) is -0.213. The highest BCUT2D eigenvalue weighted by molar-refractivity contribution is 6.02. The molecule has 0 spiro atoms. The van der Waals surface area contributed by atoms with Gasteiger partial charge >= 0.3 is 6.09 Å². The van der Waals surface area contributed by atoms with Gasteiger partial charge in [-0.25, -0.2) is 9.78 Å². The third-order valence-electron chi connectivity index (χ3n) is 3.50. The number of anilines is 2. The summed E-state index contributed by atoms with van der Waals surface area (Å²) >= 11 is 0. The summed E-state index contributed by atoms with van der Waals surface area (Å²) in [7, 11) is 1.61. The predicted octanol–water partition coefficient (Wildman–Crippen LogP) is 3.36. The molecule has 26 heavy (non-hydrogen) atoms. The van der Waals surface area contributed by atoms with E-state index in [4.69, 9.17) is 4.74 Å². The van der Waals surface area contributed by atoms with Crippen LogP contribution in [0.1, 0.15) is 10.5 Å². The Hall–Kier alpha value is -3.74. The monoisotopic (exact) mass is 348 g/mol. The van der Waals surface area contributed by atoms with Crippen molar-refractivity contribution in [2.24, 2.45) is 0 Å². The van der Waals surface area contributed by atoms with Crippen molar-refractivity contribution < 1.29 is 14.3 Å². The van der Waals surface area contributed by atoms with Gasteiger partial charge in [0.1, 0.15) is 5.69 Å². The molecule has 7 nitrogen and oxygen atoms in total. The highest BCUT2D eigenvalue weighted by Crippen LogP contribution is 2.16. The Morgan fingerprint density at radius 1 is 0.962 bits per heavy atom. The van der Waals surface area contributed by atoms with E-state index in [0.29, 0.717) is 17.1 Å². The Kier molecular flexibility index (Phi) is 5.19. The van der Waals surface area contributed by atoms with Crippen molar-refractivity contribution in [2.75, 3.05) is 17.3 Å². The summed E-state index contributed by atoms with van der Waals surface area (Å²) in [4.78, 5) is 33.6. The summed E-state index contributed by atoms with van der Waals surface area (Å²) in [5, 5.41) is 2.67. The minimum atomic E-state index is -0.561. The van der Waals surface area contributed by atoms with Gasteiger partial charge in [-0.2, -0.15) is 0 Å². The first-order chi connectivity index (χ1) is 12.6. The molecule has 2 amide bonds. The molecule has 0 atom stereocenters. The molecule has 7 heteroatoms. The van der Waals surface area contributed by atoms with Gasteiger partial charge in [0.25, 0.3) is 5.91 Å². The van der Waals surface area contributed by atoms with Crippen LogP contribution in [0.4, 0.5) is 16.2 Å². The lowest BCUT2D eigenvalue weighted by atomic mass is 10.3. The van der Waals surface area contributed by atoms with Gasteiger partial charge in [0.15, 0.2) is 0 Å². The predicted molar refractivity (Wildman–Crippen MR) is 97.3 cm³/mol. The molecule has 0 saturated carbocycles. The van der Waals surface area contributed by atoms with Crippen LogP contribution in [0.5, 0.6) is 5.88 Å². The number of amides is 2. The number of benzene rings is 1. The van der Waals surface area contributed by atoms with Crippen molar-refractivity contribution in [3.8, 4) is 5.88 Å². The minimum Gasteiger partial charge on any atom is -0.391 e. The van der Waals surface area contributed by atoms with Gasteiger partial charge in [-0.05, 0) is 30.3 Å². The van der Waals surface area contributed by atoms with Crippen molar-refractivity contribution in [2.45, 2.75) is 0 Å². The van der Waals surface area contributed by atoms with E-state index in [1.807, 2.05) is 18.2 Å². The number of nitrogens with zero attached hydrogens (tertiary/aromatic N) is 3. The van der Waals surface area contributed by atoms with Gasteiger partial charge in [0, 0.05) is 25.0 Å². The number of carbonyl (C=O) groups excluding carboxylic acids is 2. The lowest BCUT2D eigenvalue weighted by Crippen LogP contribution is -2.29. The number of hydrogen-bond donors (Lipinski definition) is 1. The van der Waals surface area contributed by atoms with E-state index < -0.39 is 6.09 Å². The van der Waals surface area contributed by atoms with Gasteiger partial charge in [0.05, 0.1) is 11.9 Å². The zero-order valence-electron chi connectivity index (χ0n) is 14.0. The molecule has 0 unspecified atom stereocenters. The van der Waals surface area contributed by atoms with E-state index in [1.165, 1.54) is 17.2 Å². The average Bonchev–Trinajstić information content (AvgIpc) is 2.70. The largest absolute Gasteiger partial charge is 0.420 e. The fourth-order valence-corrected chi connectivity index (χ4v) is 2.12. The maximum atomic E-state index is 12.1. The SMILES string of the molecule is CN(C(=O)Oc1ccc(NC(=O)c2ccccn2)cn1)c1ccccc1. The quantitative estimate of drug-likeness (QED) is 0.781. The maximum absolute atomic E-state index is 12.1. The molecule has 0 fully saturated rings. The van der Waals surface area contributed by atoms with Crippen molar-refractivity contribution in [3.05, 3.63) is 78.8 Å². The molecule has 0 aliphatic carbocycles. The summed E-state index contributed by atoms with van der Waals surface area (Å²) in [6.07, 6.45) is 2.39. The van der Waals surface area contributed by atoms with Gasteiger partial charge in [-0.15, -0.1) is 0 Å². The first kappa shape index (κ1) is 17.1. The van der Waals surface area contributed by atoms with Crippen LogP contribution in [0.15, 0.2) is 73.1 Å². The van der Waals surface area contributed by atoms with Gasteiger partial charge < -0.3 is 10.1 Å². The van der Waals surface area contributed by atoms with E-state index in [0.717, 1.165) is 0 Å². The first-order valence-corrected chi connectivity index (χ1v) is 7.82. The molecule has 2 aromatic heterocycles. The fourth-order valence-electron chi connectivity index (χ4n) is 2.12. The van der Waals surface area contributed by atoms with Crippen LogP contribution in [0, 0.1) is 0 Å².